The Bertz CT molecular complexity index is 872. The van der Waals surface area contributed by atoms with Crippen molar-refractivity contribution < 1.29 is 14.3 Å². The van der Waals surface area contributed by atoms with E-state index in [4.69, 9.17) is 9.47 Å². The Hall–Kier alpha value is -2.53. The molecule has 4 nitrogen and oxygen atoms in total. The van der Waals surface area contributed by atoms with E-state index in [2.05, 4.69) is 5.32 Å². The van der Waals surface area contributed by atoms with E-state index in [-0.39, 0.29) is 11.9 Å². The molecular weight excluding hydrogens is 322 g/mol. The normalized spacial score (nSPS) is 12.0. The Kier molecular flexibility index (Phi) is 4.71. The van der Waals surface area contributed by atoms with Gasteiger partial charge in [0.05, 0.1) is 25.8 Å². The topological polar surface area (TPSA) is 47.6 Å². The van der Waals surface area contributed by atoms with Crippen molar-refractivity contribution in [2.45, 2.75) is 13.0 Å². The maximum Gasteiger partial charge on any atom is 0.253 e. The third kappa shape index (κ3) is 3.08. The summed E-state index contributed by atoms with van der Waals surface area (Å²) in [5.74, 6) is 1.25. The van der Waals surface area contributed by atoms with Gasteiger partial charge in [-0.15, -0.1) is 11.3 Å². The molecule has 5 heteroatoms. The van der Waals surface area contributed by atoms with Crippen LogP contribution in [0.25, 0.3) is 10.1 Å². The molecule has 2 aromatic carbocycles. The minimum absolute atomic E-state index is 0.0743. The lowest BCUT2D eigenvalue weighted by atomic mass is 10.1. The molecule has 0 aliphatic carbocycles. The summed E-state index contributed by atoms with van der Waals surface area (Å²) in [5, 5.41) is 5.94. The van der Waals surface area contributed by atoms with Crippen LogP contribution in [0.15, 0.2) is 47.8 Å². The highest BCUT2D eigenvalue weighted by Crippen LogP contribution is 2.30. The fraction of sp³-hybridized carbons (Fsp3) is 0.211. The number of amides is 1. The van der Waals surface area contributed by atoms with E-state index in [0.29, 0.717) is 17.1 Å². The first-order valence-corrected chi connectivity index (χ1v) is 8.51. The van der Waals surface area contributed by atoms with Crippen molar-refractivity contribution in [3.8, 4) is 11.5 Å². The maximum absolute atomic E-state index is 12.6. The first-order chi connectivity index (χ1) is 11.6. The monoisotopic (exact) mass is 341 g/mol. The first kappa shape index (κ1) is 16.3. The van der Waals surface area contributed by atoms with E-state index in [1.807, 2.05) is 54.8 Å². The SMILES string of the molecule is COc1ccc(C(C)NC(=O)c2csc3ccccc23)cc1OC. The number of thiophene rings is 1. The number of nitrogens with one attached hydrogen (secondary N) is 1. The van der Waals surface area contributed by atoms with Crippen LogP contribution >= 0.6 is 11.3 Å². The van der Waals surface area contributed by atoms with Gasteiger partial charge in [0.15, 0.2) is 11.5 Å². The van der Waals surface area contributed by atoms with E-state index in [0.717, 1.165) is 15.6 Å². The molecule has 3 aromatic rings. The minimum Gasteiger partial charge on any atom is -0.493 e. The number of methoxy groups -OCH3 is 2. The number of hydrogen-bond donors (Lipinski definition) is 1. The number of carbonyl (C=O) groups is 1. The van der Waals surface area contributed by atoms with E-state index in [1.54, 1.807) is 25.6 Å². The van der Waals surface area contributed by atoms with Crippen molar-refractivity contribution in [2.24, 2.45) is 0 Å². The van der Waals surface area contributed by atoms with Gasteiger partial charge in [-0.3, -0.25) is 4.79 Å². The largest absolute Gasteiger partial charge is 0.493 e. The molecule has 0 saturated heterocycles. The molecule has 3 rings (SSSR count). The number of carbonyl (C=O) groups excluding carboxylic acids is 1. The summed E-state index contributed by atoms with van der Waals surface area (Å²) >= 11 is 1.58. The lowest BCUT2D eigenvalue weighted by Gasteiger charge is -2.16. The maximum atomic E-state index is 12.6. The number of fused-ring (bicyclic) bond motifs is 1. The van der Waals surface area contributed by atoms with E-state index >= 15 is 0 Å². The van der Waals surface area contributed by atoms with Crippen molar-refractivity contribution in [2.75, 3.05) is 14.2 Å². The predicted molar refractivity (Wildman–Crippen MR) is 97.3 cm³/mol. The smallest absolute Gasteiger partial charge is 0.253 e. The first-order valence-electron chi connectivity index (χ1n) is 7.63. The van der Waals surface area contributed by atoms with Gasteiger partial charge < -0.3 is 14.8 Å². The zero-order valence-corrected chi connectivity index (χ0v) is 14.6. The molecule has 0 aliphatic heterocycles. The van der Waals surface area contributed by atoms with Gasteiger partial charge in [-0.05, 0) is 30.7 Å². The summed E-state index contributed by atoms with van der Waals surface area (Å²) in [7, 11) is 3.20. The van der Waals surface area contributed by atoms with E-state index in [9.17, 15) is 4.79 Å². The van der Waals surface area contributed by atoms with Crippen LogP contribution in [0.1, 0.15) is 28.9 Å². The molecule has 1 heterocycles. The highest BCUT2D eigenvalue weighted by Gasteiger charge is 2.16. The van der Waals surface area contributed by atoms with Crippen LogP contribution in [-0.4, -0.2) is 20.1 Å². The number of rotatable bonds is 5. The minimum atomic E-state index is -0.143. The average Bonchev–Trinajstić information content (AvgIpc) is 3.05. The summed E-state index contributed by atoms with van der Waals surface area (Å²) in [6, 6.07) is 13.4. The molecule has 0 radical (unpaired) electrons. The summed E-state index contributed by atoms with van der Waals surface area (Å²) in [4.78, 5) is 12.6. The average molecular weight is 341 g/mol. The van der Waals surface area contributed by atoms with Gasteiger partial charge in [-0.25, -0.2) is 0 Å². The number of benzene rings is 2. The van der Waals surface area contributed by atoms with Gasteiger partial charge in [0.1, 0.15) is 0 Å². The summed E-state index contributed by atoms with van der Waals surface area (Å²) in [6.45, 7) is 1.95. The van der Waals surface area contributed by atoms with Gasteiger partial charge in [0.2, 0.25) is 0 Å². The molecule has 0 bridgehead atoms. The van der Waals surface area contributed by atoms with Crippen LogP contribution < -0.4 is 14.8 Å². The molecule has 1 atom stereocenters. The van der Waals surface area contributed by atoms with Crippen LogP contribution in [0.4, 0.5) is 0 Å². The zero-order chi connectivity index (χ0) is 17.1. The quantitative estimate of drug-likeness (QED) is 0.748. The Balaban J connectivity index is 1.81. The van der Waals surface area contributed by atoms with Crippen LogP contribution in [0, 0.1) is 0 Å². The van der Waals surface area contributed by atoms with Crippen molar-refractivity contribution in [3.63, 3.8) is 0 Å². The fourth-order valence-electron chi connectivity index (χ4n) is 2.63. The van der Waals surface area contributed by atoms with Crippen molar-refractivity contribution >= 4 is 27.3 Å². The second-order valence-electron chi connectivity index (χ2n) is 5.46. The predicted octanol–water partition coefficient (Wildman–Crippen LogP) is 4.41. The molecule has 0 spiro atoms. The summed E-state index contributed by atoms with van der Waals surface area (Å²) < 4.78 is 11.7. The van der Waals surface area contributed by atoms with Crippen molar-refractivity contribution in [3.05, 3.63) is 59.0 Å². The van der Waals surface area contributed by atoms with Gasteiger partial charge in [-0.1, -0.05) is 24.3 Å². The number of ether oxygens (including phenoxy) is 2. The highest BCUT2D eigenvalue weighted by atomic mass is 32.1. The van der Waals surface area contributed by atoms with Crippen LogP contribution in [0.3, 0.4) is 0 Å². The van der Waals surface area contributed by atoms with Gasteiger partial charge in [0, 0.05) is 15.5 Å². The lowest BCUT2D eigenvalue weighted by Crippen LogP contribution is -2.26. The van der Waals surface area contributed by atoms with E-state index in [1.165, 1.54) is 0 Å². The van der Waals surface area contributed by atoms with E-state index < -0.39 is 0 Å². The molecule has 1 amide bonds. The van der Waals surface area contributed by atoms with Gasteiger partial charge in [0.25, 0.3) is 5.91 Å². The Labute approximate surface area is 145 Å². The third-order valence-electron chi connectivity index (χ3n) is 3.98. The Morgan fingerprint density at radius 1 is 1.08 bits per heavy atom. The second kappa shape index (κ2) is 6.93. The molecule has 24 heavy (non-hydrogen) atoms. The lowest BCUT2D eigenvalue weighted by molar-refractivity contribution is 0.0942. The summed E-state index contributed by atoms with van der Waals surface area (Å²) in [5.41, 5.74) is 1.67. The van der Waals surface area contributed by atoms with Crippen molar-refractivity contribution in [1.82, 2.24) is 5.32 Å². The molecule has 0 saturated carbocycles. The van der Waals surface area contributed by atoms with Gasteiger partial charge in [-0.2, -0.15) is 0 Å². The van der Waals surface area contributed by atoms with Crippen LogP contribution in [0.2, 0.25) is 0 Å². The molecule has 1 N–H and O–H groups in total. The second-order valence-corrected chi connectivity index (χ2v) is 6.37. The van der Waals surface area contributed by atoms with Gasteiger partial charge >= 0.3 is 0 Å². The third-order valence-corrected chi connectivity index (χ3v) is 4.94. The van der Waals surface area contributed by atoms with Crippen molar-refractivity contribution in [1.29, 1.82) is 0 Å². The summed E-state index contributed by atoms with van der Waals surface area (Å²) in [6.07, 6.45) is 0. The van der Waals surface area contributed by atoms with Crippen LogP contribution in [-0.2, 0) is 0 Å². The molecular formula is C19H19NO3S. The number of hydrogen-bond acceptors (Lipinski definition) is 4. The molecule has 1 unspecified atom stereocenters. The Morgan fingerprint density at radius 3 is 2.58 bits per heavy atom. The standard InChI is InChI=1S/C19H19NO3S/c1-12(13-8-9-16(22-2)17(10-13)23-3)20-19(21)15-11-24-18-7-5-4-6-14(15)18/h4-12H,1-3H3,(H,20,21). The van der Waals surface area contributed by atoms with Crippen LogP contribution in [0.5, 0.6) is 11.5 Å². The molecule has 0 fully saturated rings. The molecule has 124 valence electrons. The fourth-order valence-corrected chi connectivity index (χ4v) is 3.57. The Morgan fingerprint density at radius 2 is 1.83 bits per heavy atom. The zero-order valence-electron chi connectivity index (χ0n) is 13.8. The molecule has 1 aromatic heterocycles. The highest BCUT2D eigenvalue weighted by molar-refractivity contribution is 7.17. The molecule has 0 aliphatic rings.